The highest BCUT2D eigenvalue weighted by molar-refractivity contribution is 5.95. The van der Waals surface area contributed by atoms with Crippen molar-refractivity contribution in [2.75, 3.05) is 27.5 Å². The summed E-state index contributed by atoms with van der Waals surface area (Å²) in [4.78, 5) is 14.8. The molecule has 0 saturated carbocycles. The topological polar surface area (TPSA) is 136 Å². The summed E-state index contributed by atoms with van der Waals surface area (Å²) in [6.07, 6.45) is 2.31. The minimum atomic E-state index is -0.365. The summed E-state index contributed by atoms with van der Waals surface area (Å²) < 4.78 is 18.8. The quantitative estimate of drug-likeness (QED) is 0.286. The maximum atomic E-state index is 12.6. The molecule has 3 aromatic carbocycles. The van der Waals surface area contributed by atoms with E-state index in [2.05, 4.69) is 31.0 Å². The lowest BCUT2D eigenvalue weighted by atomic mass is 9.90. The van der Waals surface area contributed by atoms with Crippen LogP contribution in [0.5, 0.6) is 23.0 Å². The van der Waals surface area contributed by atoms with Crippen molar-refractivity contribution >= 4 is 12.1 Å². The largest absolute Gasteiger partial charge is 0.508 e. The Morgan fingerprint density at radius 1 is 1.18 bits per heavy atom. The molecule has 0 radical (unpaired) electrons. The third-order valence-electron chi connectivity index (χ3n) is 6.78. The average Bonchev–Trinajstić information content (AvgIpc) is 3.63. The van der Waals surface area contributed by atoms with Gasteiger partial charge in [0.1, 0.15) is 11.8 Å². The Morgan fingerprint density at radius 3 is 2.74 bits per heavy atom. The zero-order valence-electron chi connectivity index (χ0n) is 21.2. The Hall–Kier alpha value is -4.97. The summed E-state index contributed by atoms with van der Waals surface area (Å²) in [7, 11) is 3.63. The summed E-state index contributed by atoms with van der Waals surface area (Å²) >= 11 is 0. The number of hydrogen-bond donors (Lipinski definition) is 2. The van der Waals surface area contributed by atoms with Gasteiger partial charge in [-0.05, 0) is 89.6 Å². The molecule has 0 bridgehead atoms. The number of likely N-dealkylation sites (N-methyl/N-ethyl adjacent to an activating group) is 1. The second-order valence-corrected chi connectivity index (χ2v) is 9.14. The smallest absolute Gasteiger partial charge is 0.271 e. The van der Waals surface area contributed by atoms with E-state index in [1.807, 2.05) is 13.1 Å². The van der Waals surface area contributed by atoms with Crippen LogP contribution in [0.1, 0.15) is 38.9 Å². The number of hydrazone groups is 1. The minimum Gasteiger partial charge on any atom is -0.508 e. The van der Waals surface area contributed by atoms with Crippen molar-refractivity contribution in [2.45, 2.75) is 12.5 Å². The van der Waals surface area contributed by atoms with Crippen LogP contribution in [0.4, 0.5) is 0 Å². The number of phenolic OH excluding ortho intramolecular Hbond substituents is 1. The van der Waals surface area contributed by atoms with E-state index in [0.717, 1.165) is 29.7 Å². The van der Waals surface area contributed by atoms with Gasteiger partial charge < -0.3 is 19.3 Å². The first kappa shape index (κ1) is 24.4. The molecule has 0 unspecified atom stereocenters. The van der Waals surface area contributed by atoms with Crippen LogP contribution in [0.15, 0.2) is 59.7 Å². The lowest BCUT2D eigenvalue weighted by Gasteiger charge is -2.34. The van der Waals surface area contributed by atoms with E-state index in [-0.39, 0.29) is 24.5 Å². The number of phenols is 1. The second kappa shape index (κ2) is 10.1. The van der Waals surface area contributed by atoms with Crippen molar-refractivity contribution in [2.24, 2.45) is 5.10 Å². The van der Waals surface area contributed by atoms with Crippen molar-refractivity contribution in [1.82, 2.24) is 30.5 Å². The van der Waals surface area contributed by atoms with Gasteiger partial charge in [0, 0.05) is 17.7 Å². The van der Waals surface area contributed by atoms with Crippen LogP contribution in [0.3, 0.4) is 0 Å². The zero-order chi connectivity index (χ0) is 26.9. The molecule has 0 saturated heterocycles. The molecule has 3 heterocycles. The Bertz CT molecular complexity index is 1550. The fraction of sp³-hybridized carbons (Fsp3) is 0.222. The van der Waals surface area contributed by atoms with E-state index in [1.165, 1.54) is 6.21 Å². The number of hydrogen-bond acceptors (Lipinski definition) is 10. The maximum absolute atomic E-state index is 12.6. The number of ether oxygens (including phenoxy) is 3. The Balaban J connectivity index is 1.26. The fourth-order valence-electron chi connectivity index (χ4n) is 4.85. The molecule has 198 valence electrons. The number of carbonyl (C=O) groups is 1. The predicted octanol–water partition coefficient (Wildman–Crippen LogP) is 2.45. The molecule has 1 amide bonds. The first-order valence-corrected chi connectivity index (χ1v) is 12.2. The number of amides is 1. The third kappa shape index (κ3) is 4.50. The molecule has 4 aromatic rings. The van der Waals surface area contributed by atoms with Crippen LogP contribution < -0.4 is 19.6 Å². The Morgan fingerprint density at radius 2 is 1.97 bits per heavy atom. The Labute approximate surface area is 223 Å². The SMILES string of the molecule is COc1c2c(cc3c1[C@@H](c1nnnn1-c1ccc(C(=O)NN=Cc4ccc(O)cc4)cc1)N(C)CC3)OCO2. The number of aromatic hydroxyl groups is 1. The summed E-state index contributed by atoms with van der Waals surface area (Å²) in [5.41, 5.74) is 6.39. The molecular formula is C27H25N7O5. The van der Waals surface area contributed by atoms with Crippen molar-refractivity contribution in [3.05, 3.63) is 82.7 Å². The third-order valence-corrected chi connectivity index (χ3v) is 6.78. The molecule has 0 aliphatic carbocycles. The highest BCUT2D eigenvalue weighted by Gasteiger charge is 2.37. The molecule has 0 fully saturated rings. The van der Waals surface area contributed by atoms with Gasteiger partial charge in [-0.2, -0.15) is 9.78 Å². The molecule has 0 spiro atoms. The summed E-state index contributed by atoms with van der Waals surface area (Å²) in [6, 6.07) is 15.1. The molecule has 6 rings (SSSR count). The normalized spacial score (nSPS) is 16.3. The van der Waals surface area contributed by atoms with Gasteiger partial charge in [-0.1, -0.05) is 0 Å². The first-order valence-electron chi connectivity index (χ1n) is 12.2. The number of methoxy groups -OCH3 is 1. The van der Waals surface area contributed by atoms with Crippen molar-refractivity contribution in [3.8, 4) is 28.7 Å². The van der Waals surface area contributed by atoms with Crippen molar-refractivity contribution in [1.29, 1.82) is 0 Å². The summed E-state index contributed by atoms with van der Waals surface area (Å²) in [5.74, 6) is 2.27. The lowest BCUT2D eigenvalue weighted by Crippen LogP contribution is -2.35. The Kier molecular flexibility index (Phi) is 6.29. The molecule has 2 N–H and O–H groups in total. The first-order chi connectivity index (χ1) is 19.0. The predicted molar refractivity (Wildman–Crippen MR) is 140 cm³/mol. The van der Waals surface area contributed by atoms with Crippen LogP contribution in [0.25, 0.3) is 5.69 Å². The van der Waals surface area contributed by atoms with Gasteiger partial charge in [0.2, 0.25) is 12.5 Å². The molecular weight excluding hydrogens is 502 g/mol. The zero-order valence-corrected chi connectivity index (χ0v) is 21.2. The number of fused-ring (bicyclic) bond motifs is 2. The van der Waals surface area contributed by atoms with Crippen molar-refractivity contribution in [3.63, 3.8) is 0 Å². The van der Waals surface area contributed by atoms with Gasteiger partial charge in [-0.25, -0.2) is 5.43 Å². The van der Waals surface area contributed by atoms with E-state index in [1.54, 1.807) is 60.3 Å². The van der Waals surface area contributed by atoms with Crippen LogP contribution >= 0.6 is 0 Å². The van der Waals surface area contributed by atoms with Crippen LogP contribution in [-0.4, -0.2) is 69.8 Å². The van der Waals surface area contributed by atoms with Crippen LogP contribution in [0, 0.1) is 0 Å². The van der Waals surface area contributed by atoms with Gasteiger partial charge >= 0.3 is 0 Å². The second-order valence-electron chi connectivity index (χ2n) is 9.14. The molecule has 2 aliphatic rings. The molecule has 39 heavy (non-hydrogen) atoms. The number of carbonyl (C=O) groups excluding carboxylic acids is 1. The number of nitrogens with zero attached hydrogens (tertiary/aromatic N) is 6. The molecule has 12 nitrogen and oxygen atoms in total. The van der Waals surface area contributed by atoms with Gasteiger partial charge in [-0.15, -0.1) is 5.10 Å². The van der Waals surface area contributed by atoms with Gasteiger partial charge in [-0.3, -0.25) is 9.69 Å². The summed E-state index contributed by atoms with van der Waals surface area (Å²) in [6.45, 7) is 0.936. The number of rotatable bonds is 6. The highest BCUT2D eigenvalue weighted by Crippen LogP contribution is 2.50. The number of aromatic nitrogens is 4. The molecule has 12 heteroatoms. The van der Waals surface area contributed by atoms with E-state index in [0.29, 0.717) is 34.3 Å². The molecule has 1 aromatic heterocycles. The molecule has 2 aliphatic heterocycles. The summed E-state index contributed by atoms with van der Waals surface area (Å²) in [5, 5.41) is 26.0. The number of tetrazole rings is 1. The lowest BCUT2D eigenvalue weighted by molar-refractivity contribution is 0.0955. The van der Waals surface area contributed by atoms with Gasteiger partial charge in [0.25, 0.3) is 5.91 Å². The minimum absolute atomic E-state index is 0.148. The monoisotopic (exact) mass is 527 g/mol. The standard InChI is InChI=1S/C27H25N7O5/c1-33-12-11-18-13-21-24(39-15-38-21)25(37-2)22(18)23(33)26-29-31-32-34(26)19-7-5-17(6-8-19)27(36)30-28-14-16-3-9-20(35)10-4-16/h3-10,13-14,23,35H,11-12,15H2,1-2H3,(H,30,36)/t23-/m0/s1. The highest BCUT2D eigenvalue weighted by atomic mass is 16.7. The van der Waals surface area contributed by atoms with E-state index in [4.69, 9.17) is 14.2 Å². The van der Waals surface area contributed by atoms with E-state index in [9.17, 15) is 9.90 Å². The number of benzene rings is 3. The fourth-order valence-corrected chi connectivity index (χ4v) is 4.85. The van der Waals surface area contributed by atoms with Gasteiger partial charge in [0.05, 0.1) is 19.0 Å². The molecule has 1 atom stereocenters. The number of nitrogens with one attached hydrogen (secondary N) is 1. The van der Waals surface area contributed by atoms with Crippen LogP contribution in [-0.2, 0) is 6.42 Å². The van der Waals surface area contributed by atoms with Crippen molar-refractivity contribution < 1.29 is 24.1 Å². The average molecular weight is 528 g/mol. The maximum Gasteiger partial charge on any atom is 0.271 e. The van der Waals surface area contributed by atoms with E-state index < -0.39 is 0 Å². The van der Waals surface area contributed by atoms with Crippen LogP contribution in [0.2, 0.25) is 0 Å². The van der Waals surface area contributed by atoms with E-state index >= 15 is 0 Å². The van der Waals surface area contributed by atoms with Gasteiger partial charge in [0.15, 0.2) is 17.3 Å².